The van der Waals surface area contributed by atoms with Gasteiger partial charge < -0.3 is 0 Å². The van der Waals surface area contributed by atoms with Crippen molar-refractivity contribution < 1.29 is 0 Å². The highest BCUT2D eigenvalue weighted by molar-refractivity contribution is 8.10. The topological polar surface area (TPSA) is 0 Å². The molecule has 0 fully saturated rings. The lowest BCUT2D eigenvalue weighted by atomic mass is 10.2. The lowest BCUT2D eigenvalue weighted by molar-refractivity contribution is 1.38. The van der Waals surface area contributed by atoms with E-state index in [4.69, 9.17) is 0 Å². The van der Waals surface area contributed by atoms with Crippen LogP contribution < -0.4 is 0 Å². The third-order valence-corrected chi connectivity index (χ3v) is 5.48. The minimum absolute atomic E-state index is 1.25. The number of rotatable bonds is 5. The first-order chi connectivity index (χ1) is 11.3. The molecule has 0 nitrogen and oxygen atoms in total. The highest BCUT2D eigenvalue weighted by Crippen LogP contribution is 2.37. The number of thioether (sulfide) groups is 2. The summed E-state index contributed by atoms with van der Waals surface area (Å²) >= 11 is 3.57. The summed E-state index contributed by atoms with van der Waals surface area (Å²) in [6, 6.07) is 29.7. The van der Waals surface area contributed by atoms with Crippen LogP contribution in [-0.4, -0.2) is 0 Å². The van der Waals surface area contributed by atoms with E-state index in [0.717, 1.165) is 0 Å². The molecule has 0 aliphatic carbocycles. The Kier molecular flexibility index (Phi) is 5.62. The fourth-order valence-corrected chi connectivity index (χ4v) is 3.92. The van der Waals surface area contributed by atoms with Crippen LogP contribution in [0.1, 0.15) is 11.1 Å². The van der Waals surface area contributed by atoms with E-state index in [1.54, 1.807) is 23.5 Å². The van der Waals surface area contributed by atoms with Crippen molar-refractivity contribution in [1.82, 2.24) is 0 Å². The normalized spacial score (nSPS) is 11.4. The Morgan fingerprint density at radius 1 is 0.696 bits per heavy atom. The summed E-state index contributed by atoms with van der Waals surface area (Å²) in [5.74, 6) is 0. The molecule has 114 valence electrons. The molecule has 0 radical (unpaired) electrons. The van der Waals surface area contributed by atoms with Gasteiger partial charge in [0.05, 0.1) is 0 Å². The van der Waals surface area contributed by atoms with Crippen LogP contribution in [0.3, 0.4) is 0 Å². The SMILES string of the molecule is Cc1ccc(S/C=C(/Sc2ccccc2)c2ccccc2)cc1. The largest absolute Gasteiger partial charge is 0.0969 e. The van der Waals surface area contributed by atoms with E-state index in [0.29, 0.717) is 0 Å². The first-order valence-corrected chi connectivity index (χ1v) is 9.23. The van der Waals surface area contributed by atoms with Crippen molar-refractivity contribution in [3.63, 3.8) is 0 Å². The molecule has 0 bridgehead atoms. The average Bonchev–Trinajstić information content (AvgIpc) is 2.61. The van der Waals surface area contributed by atoms with Crippen LogP contribution in [0.5, 0.6) is 0 Å². The zero-order valence-corrected chi connectivity index (χ0v) is 14.6. The van der Waals surface area contributed by atoms with Crippen molar-refractivity contribution in [2.75, 3.05) is 0 Å². The Morgan fingerprint density at radius 2 is 1.30 bits per heavy atom. The number of aryl methyl sites for hydroxylation is 1. The average molecular weight is 335 g/mol. The van der Waals surface area contributed by atoms with Gasteiger partial charge in [-0.25, -0.2) is 0 Å². The van der Waals surface area contributed by atoms with Gasteiger partial charge >= 0.3 is 0 Å². The second kappa shape index (κ2) is 8.09. The van der Waals surface area contributed by atoms with Crippen LogP contribution in [0.4, 0.5) is 0 Å². The van der Waals surface area contributed by atoms with E-state index in [1.807, 2.05) is 0 Å². The van der Waals surface area contributed by atoms with Gasteiger partial charge in [0.1, 0.15) is 0 Å². The molecule has 0 aliphatic rings. The molecule has 2 heteroatoms. The van der Waals surface area contributed by atoms with Crippen molar-refractivity contribution in [1.29, 1.82) is 0 Å². The smallest absolute Gasteiger partial charge is 0.0261 e. The van der Waals surface area contributed by atoms with Crippen molar-refractivity contribution >= 4 is 28.4 Å². The van der Waals surface area contributed by atoms with Crippen molar-refractivity contribution in [3.05, 3.63) is 101 Å². The minimum Gasteiger partial charge on any atom is -0.0969 e. The molecule has 0 saturated carbocycles. The number of hydrogen-bond donors (Lipinski definition) is 0. The second-order valence-corrected chi connectivity index (χ2v) is 7.25. The standard InChI is InChI=1S/C21H18S2/c1-17-12-14-19(15-13-17)22-16-21(18-8-4-2-5-9-18)23-20-10-6-3-7-11-20/h2-16H,1H3/b21-16+. The molecule has 0 atom stereocenters. The molecule has 0 heterocycles. The first kappa shape index (κ1) is 16.0. The van der Waals surface area contributed by atoms with Crippen LogP contribution in [0.15, 0.2) is 100 Å². The maximum absolute atomic E-state index is 2.25. The minimum atomic E-state index is 1.25. The van der Waals surface area contributed by atoms with Gasteiger partial charge in [0.25, 0.3) is 0 Å². The maximum Gasteiger partial charge on any atom is 0.0261 e. The van der Waals surface area contributed by atoms with Gasteiger partial charge in [-0.2, -0.15) is 0 Å². The van der Waals surface area contributed by atoms with E-state index in [1.165, 1.54) is 25.8 Å². The number of hydrogen-bond acceptors (Lipinski definition) is 2. The third-order valence-electron chi connectivity index (χ3n) is 3.35. The predicted molar refractivity (Wildman–Crippen MR) is 104 cm³/mol. The van der Waals surface area contributed by atoms with E-state index in [2.05, 4.69) is 97.3 Å². The van der Waals surface area contributed by atoms with Gasteiger partial charge in [-0.1, -0.05) is 89.8 Å². The van der Waals surface area contributed by atoms with Crippen LogP contribution >= 0.6 is 23.5 Å². The van der Waals surface area contributed by atoms with Crippen LogP contribution in [0.25, 0.3) is 4.91 Å². The molecule has 0 aromatic heterocycles. The summed E-state index contributed by atoms with van der Waals surface area (Å²) in [6.07, 6.45) is 0. The molecule has 0 unspecified atom stereocenters. The highest BCUT2D eigenvalue weighted by Gasteiger charge is 2.04. The lowest BCUT2D eigenvalue weighted by Crippen LogP contribution is -1.80. The zero-order chi connectivity index (χ0) is 15.9. The van der Waals surface area contributed by atoms with Crippen molar-refractivity contribution in [2.24, 2.45) is 0 Å². The van der Waals surface area contributed by atoms with Crippen LogP contribution in [0, 0.1) is 6.92 Å². The highest BCUT2D eigenvalue weighted by atomic mass is 32.2. The van der Waals surface area contributed by atoms with Gasteiger partial charge in [-0.3, -0.25) is 0 Å². The molecule has 0 N–H and O–H groups in total. The van der Waals surface area contributed by atoms with Gasteiger partial charge in [0, 0.05) is 14.7 Å². The fourth-order valence-electron chi connectivity index (χ4n) is 2.11. The van der Waals surface area contributed by atoms with Gasteiger partial charge in [0.2, 0.25) is 0 Å². The summed E-state index contributed by atoms with van der Waals surface area (Å²) in [5, 5.41) is 2.25. The van der Waals surface area contributed by atoms with Crippen LogP contribution in [0.2, 0.25) is 0 Å². The van der Waals surface area contributed by atoms with Crippen molar-refractivity contribution in [2.45, 2.75) is 16.7 Å². The van der Waals surface area contributed by atoms with E-state index < -0.39 is 0 Å². The molecule has 0 saturated heterocycles. The van der Waals surface area contributed by atoms with Crippen LogP contribution in [-0.2, 0) is 0 Å². The molecule has 23 heavy (non-hydrogen) atoms. The number of benzene rings is 3. The Morgan fingerprint density at radius 3 is 1.96 bits per heavy atom. The Bertz CT molecular complexity index is 760. The Hall–Kier alpha value is -1.90. The summed E-state index contributed by atoms with van der Waals surface area (Å²) < 4.78 is 0. The Labute approximate surface area is 146 Å². The second-order valence-electron chi connectivity index (χ2n) is 5.19. The quantitative estimate of drug-likeness (QED) is 0.466. The molecular weight excluding hydrogens is 316 g/mol. The Balaban J connectivity index is 1.85. The summed E-state index contributed by atoms with van der Waals surface area (Å²) in [5.41, 5.74) is 2.54. The molecule has 3 rings (SSSR count). The molecule has 0 spiro atoms. The molecular formula is C21H18S2. The molecule has 3 aromatic carbocycles. The van der Waals surface area contributed by atoms with E-state index in [-0.39, 0.29) is 0 Å². The molecule has 3 aromatic rings. The summed E-state index contributed by atoms with van der Waals surface area (Å²) in [6.45, 7) is 2.12. The maximum atomic E-state index is 2.25. The molecule has 0 amide bonds. The van der Waals surface area contributed by atoms with Crippen molar-refractivity contribution in [3.8, 4) is 0 Å². The monoisotopic (exact) mass is 334 g/mol. The van der Waals surface area contributed by atoms with E-state index >= 15 is 0 Å². The van der Waals surface area contributed by atoms with Gasteiger partial charge in [0.15, 0.2) is 0 Å². The van der Waals surface area contributed by atoms with Gasteiger partial charge in [-0.15, -0.1) is 0 Å². The van der Waals surface area contributed by atoms with Gasteiger partial charge in [-0.05, 0) is 42.2 Å². The fraction of sp³-hybridized carbons (Fsp3) is 0.0476. The molecule has 0 aliphatic heterocycles. The summed E-state index contributed by atoms with van der Waals surface area (Å²) in [7, 11) is 0. The summed E-state index contributed by atoms with van der Waals surface area (Å²) in [4.78, 5) is 3.78. The predicted octanol–water partition coefficient (Wildman–Crippen LogP) is 6.88. The lowest BCUT2D eigenvalue weighted by Gasteiger charge is -2.08. The van der Waals surface area contributed by atoms with E-state index in [9.17, 15) is 0 Å². The third kappa shape index (κ3) is 4.78. The zero-order valence-electron chi connectivity index (χ0n) is 13.0. The first-order valence-electron chi connectivity index (χ1n) is 7.53.